The maximum absolute atomic E-state index is 13.4. The molecule has 6 heteroatoms. The standard InChI is InChI=1S/C18H15F3N3/c1-12-5-3-4-8-24(12)17-10-14(18(19,20)21)9-15(13(17)2)16-11-22-6-7-23-16/h3-11H,1-2H3/q+1. The molecule has 0 atom stereocenters. The Bertz CT molecular complexity index is 874. The van der Waals surface area contributed by atoms with Crippen molar-refractivity contribution in [1.29, 1.82) is 0 Å². The van der Waals surface area contributed by atoms with Gasteiger partial charge in [-0.1, -0.05) is 6.07 Å². The van der Waals surface area contributed by atoms with E-state index in [0.29, 0.717) is 22.5 Å². The molecule has 0 aliphatic heterocycles. The Morgan fingerprint density at radius 1 is 1.04 bits per heavy atom. The second-order valence-corrected chi connectivity index (χ2v) is 5.47. The van der Waals surface area contributed by atoms with Crippen LogP contribution in [0.2, 0.25) is 0 Å². The third-order valence-electron chi connectivity index (χ3n) is 3.87. The van der Waals surface area contributed by atoms with Gasteiger partial charge in [0.25, 0.3) is 0 Å². The number of rotatable bonds is 2. The van der Waals surface area contributed by atoms with Crippen LogP contribution in [0.1, 0.15) is 16.8 Å². The first-order valence-electron chi connectivity index (χ1n) is 7.34. The van der Waals surface area contributed by atoms with Gasteiger partial charge in [-0.15, -0.1) is 0 Å². The Hall–Kier alpha value is -2.76. The summed E-state index contributed by atoms with van der Waals surface area (Å²) >= 11 is 0. The van der Waals surface area contributed by atoms with Gasteiger partial charge in [-0.05, 0) is 13.0 Å². The van der Waals surface area contributed by atoms with E-state index in [1.807, 2.05) is 19.1 Å². The summed E-state index contributed by atoms with van der Waals surface area (Å²) in [5, 5.41) is 0. The number of alkyl halides is 3. The van der Waals surface area contributed by atoms with E-state index in [2.05, 4.69) is 9.97 Å². The number of aryl methyl sites for hydroxylation is 1. The molecule has 0 saturated heterocycles. The third kappa shape index (κ3) is 2.99. The fraction of sp³-hybridized carbons (Fsp3) is 0.167. The predicted octanol–water partition coefficient (Wildman–Crippen LogP) is 4.06. The number of benzene rings is 1. The summed E-state index contributed by atoms with van der Waals surface area (Å²) in [6, 6.07) is 7.78. The zero-order valence-corrected chi connectivity index (χ0v) is 13.2. The van der Waals surface area contributed by atoms with E-state index >= 15 is 0 Å². The molecular formula is C18H15F3N3+. The SMILES string of the molecule is Cc1c(-c2cnccn2)cc(C(F)(F)F)cc1-[n+]1ccccc1C. The Balaban J connectivity index is 2.32. The quantitative estimate of drug-likeness (QED) is 0.663. The van der Waals surface area contributed by atoms with Crippen LogP contribution in [0.3, 0.4) is 0 Å². The fourth-order valence-corrected chi connectivity index (χ4v) is 2.62. The van der Waals surface area contributed by atoms with Crippen molar-refractivity contribution in [1.82, 2.24) is 9.97 Å². The molecule has 0 amide bonds. The minimum Gasteiger partial charge on any atom is -0.261 e. The Labute approximate surface area is 137 Å². The minimum atomic E-state index is -4.44. The number of pyridine rings is 1. The first-order chi connectivity index (χ1) is 11.4. The van der Waals surface area contributed by atoms with Gasteiger partial charge < -0.3 is 0 Å². The van der Waals surface area contributed by atoms with Crippen LogP contribution in [0.15, 0.2) is 55.1 Å². The first kappa shape index (κ1) is 16.1. The van der Waals surface area contributed by atoms with Crippen LogP contribution >= 0.6 is 0 Å². The van der Waals surface area contributed by atoms with E-state index in [4.69, 9.17) is 0 Å². The average molecular weight is 330 g/mol. The van der Waals surface area contributed by atoms with Crippen molar-refractivity contribution in [3.05, 3.63) is 71.9 Å². The number of aromatic nitrogens is 3. The molecule has 0 radical (unpaired) electrons. The third-order valence-corrected chi connectivity index (χ3v) is 3.87. The summed E-state index contributed by atoms with van der Waals surface area (Å²) in [6.45, 7) is 3.64. The zero-order chi connectivity index (χ0) is 17.3. The Morgan fingerprint density at radius 2 is 1.83 bits per heavy atom. The van der Waals surface area contributed by atoms with Crippen LogP contribution < -0.4 is 4.57 Å². The molecule has 0 bridgehead atoms. The van der Waals surface area contributed by atoms with Crippen LogP contribution in [0.4, 0.5) is 13.2 Å². The molecule has 0 aliphatic carbocycles. The summed E-state index contributed by atoms with van der Waals surface area (Å²) in [6.07, 6.45) is 1.73. The molecule has 3 aromatic rings. The molecule has 24 heavy (non-hydrogen) atoms. The fourth-order valence-electron chi connectivity index (χ4n) is 2.62. The molecule has 3 nitrogen and oxygen atoms in total. The second kappa shape index (κ2) is 6.03. The van der Waals surface area contributed by atoms with Crippen LogP contribution in [-0.2, 0) is 6.18 Å². The lowest BCUT2D eigenvalue weighted by Crippen LogP contribution is -2.35. The lowest BCUT2D eigenvalue weighted by Gasteiger charge is -2.13. The van der Waals surface area contributed by atoms with Crippen molar-refractivity contribution >= 4 is 0 Å². The summed E-state index contributed by atoms with van der Waals surface area (Å²) in [4.78, 5) is 8.11. The van der Waals surface area contributed by atoms with E-state index in [1.165, 1.54) is 24.7 Å². The van der Waals surface area contributed by atoms with Crippen LogP contribution in [0.25, 0.3) is 16.9 Å². The molecule has 0 N–H and O–H groups in total. The maximum Gasteiger partial charge on any atom is 0.416 e. The van der Waals surface area contributed by atoms with Gasteiger partial charge in [0.2, 0.25) is 5.69 Å². The number of nitrogens with zero attached hydrogens (tertiary/aromatic N) is 3. The highest BCUT2D eigenvalue weighted by atomic mass is 19.4. The van der Waals surface area contributed by atoms with Gasteiger partial charge in [0, 0.05) is 48.6 Å². The van der Waals surface area contributed by atoms with Crippen molar-refractivity contribution in [3.8, 4) is 16.9 Å². The Kier molecular flexibility index (Phi) is 4.05. The molecule has 0 fully saturated rings. The number of hydrogen-bond acceptors (Lipinski definition) is 2. The van der Waals surface area contributed by atoms with E-state index in [-0.39, 0.29) is 0 Å². The summed E-state index contributed by atoms with van der Waals surface area (Å²) < 4.78 is 41.8. The second-order valence-electron chi connectivity index (χ2n) is 5.47. The lowest BCUT2D eigenvalue weighted by atomic mass is 9.99. The molecule has 0 aliphatic rings. The van der Waals surface area contributed by atoms with Gasteiger partial charge in [0.05, 0.1) is 17.5 Å². The van der Waals surface area contributed by atoms with Crippen molar-refractivity contribution < 1.29 is 17.7 Å². The summed E-state index contributed by atoms with van der Waals surface area (Å²) in [5.74, 6) is 0. The summed E-state index contributed by atoms with van der Waals surface area (Å²) in [7, 11) is 0. The molecule has 0 spiro atoms. The minimum absolute atomic E-state index is 0.413. The van der Waals surface area contributed by atoms with Crippen LogP contribution in [0.5, 0.6) is 0 Å². The molecule has 2 aromatic heterocycles. The first-order valence-corrected chi connectivity index (χ1v) is 7.34. The maximum atomic E-state index is 13.4. The lowest BCUT2D eigenvalue weighted by molar-refractivity contribution is -0.603. The normalized spacial score (nSPS) is 11.5. The van der Waals surface area contributed by atoms with Gasteiger partial charge in [0.1, 0.15) is 0 Å². The largest absolute Gasteiger partial charge is 0.416 e. The van der Waals surface area contributed by atoms with Crippen molar-refractivity contribution in [2.45, 2.75) is 20.0 Å². The summed E-state index contributed by atoms with van der Waals surface area (Å²) in [5.41, 5.74) is 2.15. The van der Waals surface area contributed by atoms with Gasteiger partial charge in [-0.2, -0.15) is 17.7 Å². The highest BCUT2D eigenvalue weighted by molar-refractivity contribution is 5.67. The predicted molar refractivity (Wildman–Crippen MR) is 83.5 cm³/mol. The van der Waals surface area contributed by atoms with Gasteiger partial charge in [0.15, 0.2) is 11.9 Å². The van der Waals surface area contributed by atoms with Crippen molar-refractivity contribution in [2.24, 2.45) is 0 Å². The average Bonchev–Trinajstić information content (AvgIpc) is 2.55. The molecule has 122 valence electrons. The highest BCUT2D eigenvalue weighted by Crippen LogP contribution is 2.35. The molecular weight excluding hydrogens is 315 g/mol. The van der Waals surface area contributed by atoms with Gasteiger partial charge in [-0.25, -0.2) is 0 Å². The highest BCUT2D eigenvalue weighted by Gasteiger charge is 2.34. The van der Waals surface area contributed by atoms with E-state index < -0.39 is 11.7 Å². The zero-order valence-electron chi connectivity index (χ0n) is 13.2. The molecule has 2 heterocycles. The van der Waals surface area contributed by atoms with Gasteiger partial charge in [-0.3, -0.25) is 9.97 Å². The van der Waals surface area contributed by atoms with Gasteiger partial charge >= 0.3 is 6.18 Å². The molecule has 1 aromatic carbocycles. The number of hydrogen-bond donors (Lipinski definition) is 0. The Morgan fingerprint density at radius 3 is 2.46 bits per heavy atom. The number of halogens is 3. The topological polar surface area (TPSA) is 29.7 Å². The van der Waals surface area contributed by atoms with E-state index in [9.17, 15) is 13.2 Å². The van der Waals surface area contributed by atoms with E-state index in [1.54, 1.807) is 23.8 Å². The molecule has 0 saturated carbocycles. The van der Waals surface area contributed by atoms with Crippen molar-refractivity contribution in [3.63, 3.8) is 0 Å². The molecule has 3 rings (SSSR count). The van der Waals surface area contributed by atoms with E-state index in [0.717, 1.165) is 11.8 Å². The van der Waals surface area contributed by atoms with Crippen molar-refractivity contribution in [2.75, 3.05) is 0 Å². The van der Waals surface area contributed by atoms with Crippen LogP contribution in [0, 0.1) is 13.8 Å². The smallest absolute Gasteiger partial charge is 0.261 e. The van der Waals surface area contributed by atoms with Crippen LogP contribution in [-0.4, -0.2) is 9.97 Å². The molecule has 0 unspecified atom stereocenters. The monoisotopic (exact) mass is 330 g/mol.